The van der Waals surface area contributed by atoms with Gasteiger partial charge < -0.3 is 28.6 Å². The molecule has 2 aromatic carbocycles. The fourth-order valence-corrected chi connectivity index (χ4v) is 3.26. The van der Waals surface area contributed by atoms with Gasteiger partial charge in [0.05, 0.1) is 13.2 Å². The Morgan fingerprint density at radius 3 is 2.81 bits per heavy atom. The monoisotopic (exact) mass is 451 g/mol. The lowest BCUT2D eigenvalue weighted by atomic mass is 10.2. The van der Waals surface area contributed by atoms with E-state index in [1.807, 2.05) is 0 Å². The Hall–Kier alpha value is -3.40. The molecular formula is C22H20F3NO6. The summed E-state index contributed by atoms with van der Waals surface area (Å²) in [6, 6.07) is 10.6. The molecule has 1 fully saturated rings. The van der Waals surface area contributed by atoms with Crippen molar-refractivity contribution in [1.29, 1.82) is 0 Å². The molecule has 2 aromatic rings. The van der Waals surface area contributed by atoms with Crippen LogP contribution in [0, 0.1) is 0 Å². The molecule has 0 N–H and O–H groups in total. The summed E-state index contributed by atoms with van der Waals surface area (Å²) < 4.78 is 63.0. The Balaban J connectivity index is 1.30. The van der Waals surface area contributed by atoms with Crippen molar-refractivity contribution in [1.82, 2.24) is 4.90 Å². The molecule has 2 aliphatic rings. The fraction of sp³-hybridized carbons (Fsp3) is 0.318. The van der Waals surface area contributed by atoms with E-state index in [0.29, 0.717) is 42.5 Å². The molecule has 2 aliphatic heterocycles. The molecule has 7 nitrogen and oxygen atoms in total. The lowest BCUT2D eigenvalue weighted by Crippen LogP contribution is -2.47. The van der Waals surface area contributed by atoms with Gasteiger partial charge in [-0.1, -0.05) is 12.1 Å². The lowest BCUT2D eigenvalue weighted by molar-refractivity contribution is -0.274. The van der Waals surface area contributed by atoms with Crippen molar-refractivity contribution in [2.75, 3.05) is 33.1 Å². The summed E-state index contributed by atoms with van der Waals surface area (Å²) in [6.07, 6.45) is -2.34. The van der Waals surface area contributed by atoms with E-state index in [2.05, 4.69) is 4.74 Å². The Kier molecular flexibility index (Phi) is 6.40. The number of nitrogens with zero attached hydrogens (tertiary/aromatic N) is 1. The predicted molar refractivity (Wildman–Crippen MR) is 107 cm³/mol. The molecule has 0 spiro atoms. The first-order chi connectivity index (χ1) is 15.4. The molecule has 1 unspecified atom stereocenters. The van der Waals surface area contributed by atoms with Gasteiger partial charge in [0, 0.05) is 18.7 Å². The molecular weight excluding hydrogens is 431 g/mol. The zero-order valence-corrected chi connectivity index (χ0v) is 16.8. The summed E-state index contributed by atoms with van der Waals surface area (Å²) in [7, 11) is 0. The number of amides is 1. The maximum Gasteiger partial charge on any atom is 0.573 e. The molecule has 1 amide bonds. The van der Waals surface area contributed by atoms with Gasteiger partial charge in [-0.25, -0.2) is 0 Å². The fourth-order valence-electron chi connectivity index (χ4n) is 3.26. The van der Waals surface area contributed by atoms with Crippen LogP contribution in [0.1, 0.15) is 5.56 Å². The molecule has 0 aliphatic carbocycles. The number of ether oxygens (including phenoxy) is 5. The summed E-state index contributed by atoms with van der Waals surface area (Å²) in [5.74, 6) is 1.24. The van der Waals surface area contributed by atoms with Gasteiger partial charge in [-0.3, -0.25) is 4.79 Å². The Labute approximate surface area is 181 Å². The highest BCUT2D eigenvalue weighted by molar-refractivity contribution is 5.91. The van der Waals surface area contributed by atoms with Crippen molar-refractivity contribution in [3.8, 4) is 23.0 Å². The first-order valence-electron chi connectivity index (χ1n) is 9.82. The van der Waals surface area contributed by atoms with Crippen molar-refractivity contribution in [3.05, 3.63) is 54.1 Å². The van der Waals surface area contributed by atoms with E-state index in [1.165, 1.54) is 30.4 Å². The van der Waals surface area contributed by atoms with Crippen LogP contribution in [0.5, 0.6) is 23.0 Å². The van der Waals surface area contributed by atoms with Crippen LogP contribution >= 0.6 is 0 Å². The smallest absolute Gasteiger partial charge is 0.491 e. The number of carbonyl (C=O) groups excluding carboxylic acids is 1. The van der Waals surface area contributed by atoms with Gasteiger partial charge >= 0.3 is 6.36 Å². The van der Waals surface area contributed by atoms with E-state index in [0.717, 1.165) is 0 Å². The highest BCUT2D eigenvalue weighted by atomic mass is 19.4. The number of hydrogen-bond acceptors (Lipinski definition) is 6. The van der Waals surface area contributed by atoms with Gasteiger partial charge in [0.2, 0.25) is 12.7 Å². The van der Waals surface area contributed by atoms with Gasteiger partial charge in [-0.15, -0.1) is 13.2 Å². The summed E-state index contributed by atoms with van der Waals surface area (Å²) in [5.41, 5.74) is 0.413. The quantitative estimate of drug-likeness (QED) is 0.625. The molecule has 10 heteroatoms. The number of halogens is 3. The number of benzene rings is 2. The molecule has 0 bridgehead atoms. The second kappa shape index (κ2) is 9.39. The zero-order chi connectivity index (χ0) is 22.6. The Bertz CT molecular complexity index is 994. The average Bonchev–Trinajstić information content (AvgIpc) is 3.23. The van der Waals surface area contributed by atoms with E-state index < -0.39 is 6.36 Å². The number of morpholine rings is 1. The minimum absolute atomic E-state index is 0.175. The van der Waals surface area contributed by atoms with E-state index in [9.17, 15) is 18.0 Å². The number of fused-ring (bicyclic) bond motifs is 1. The minimum Gasteiger partial charge on any atom is -0.491 e. The zero-order valence-electron chi connectivity index (χ0n) is 16.8. The molecule has 170 valence electrons. The first-order valence-corrected chi connectivity index (χ1v) is 9.82. The van der Waals surface area contributed by atoms with E-state index in [4.69, 9.17) is 18.9 Å². The van der Waals surface area contributed by atoms with E-state index >= 15 is 0 Å². The van der Waals surface area contributed by atoms with E-state index in [1.54, 1.807) is 29.2 Å². The number of hydrogen-bond donors (Lipinski definition) is 0. The predicted octanol–water partition coefficient (Wildman–Crippen LogP) is 3.63. The third kappa shape index (κ3) is 5.85. The van der Waals surface area contributed by atoms with Gasteiger partial charge in [-0.2, -0.15) is 0 Å². The standard InChI is InChI=1S/C22H20F3NO6/c23-22(24,25)32-17-3-1-2-15(10-17)4-7-21(27)26-8-9-28-18(12-26)13-29-16-5-6-19-20(11-16)31-14-30-19/h1-7,10-11,18H,8-9,12-14H2/b7-4+. The maximum absolute atomic E-state index is 12.5. The molecule has 2 heterocycles. The largest absolute Gasteiger partial charge is 0.573 e. The Morgan fingerprint density at radius 2 is 1.97 bits per heavy atom. The van der Waals surface area contributed by atoms with Crippen LogP contribution in [-0.4, -0.2) is 56.4 Å². The molecule has 0 aromatic heterocycles. The van der Waals surface area contributed by atoms with Crippen molar-refractivity contribution in [2.24, 2.45) is 0 Å². The van der Waals surface area contributed by atoms with E-state index in [-0.39, 0.29) is 31.2 Å². The molecule has 1 saturated heterocycles. The number of carbonyl (C=O) groups is 1. The highest BCUT2D eigenvalue weighted by Crippen LogP contribution is 2.35. The topological polar surface area (TPSA) is 66.5 Å². The van der Waals surface area contributed by atoms with Crippen molar-refractivity contribution in [3.63, 3.8) is 0 Å². The van der Waals surface area contributed by atoms with Gasteiger partial charge in [0.15, 0.2) is 11.5 Å². The highest BCUT2D eigenvalue weighted by Gasteiger charge is 2.31. The van der Waals surface area contributed by atoms with Gasteiger partial charge in [-0.05, 0) is 35.9 Å². The van der Waals surface area contributed by atoms with Crippen LogP contribution in [0.3, 0.4) is 0 Å². The van der Waals surface area contributed by atoms with Crippen LogP contribution in [0.25, 0.3) is 6.08 Å². The normalized spacial score (nSPS) is 18.1. The van der Waals surface area contributed by atoms with Crippen LogP contribution in [0.15, 0.2) is 48.5 Å². The molecule has 32 heavy (non-hydrogen) atoms. The van der Waals surface area contributed by atoms with Crippen LogP contribution in [0.2, 0.25) is 0 Å². The molecule has 0 radical (unpaired) electrons. The summed E-state index contributed by atoms with van der Waals surface area (Å²) in [5, 5.41) is 0. The molecule has 1 atom stereocenters. The van der Waals surface area contributed by atoms with Crippen LogP contribution < -0.4 is 18.9 Å². The SMILES string of the molecule is O=C(/C=C/c1cccc(OC(F)(F)F)c1)N1CCOC(COc2ccc3c(c2)OCO3)C1. The van der Waals surface area contributed by atoms with Crippen molar-refractivity contribution >= 4 is 12.0 Å². The summed E-state index contributed by atoms with van der Waals surface area (Å²) in [4.78, 5) is 14.1. The summed E-state index contributed by atoms with van der Waals surface area (Å²) in [6.45, 7) is 1.49. The van der Waals surface area contributed by atoms with Crippen molar-refractivity contribution in [2.45, 2.75) is 12.5 Å². The van der Waals surface area contributed by atoms with Crippen LogP contribution in [0.4, 0.5) is 13.2 Å². The average molecular weight is 451 g/mol. The third-order valence-electron chi connectivity index (χ3n) is 4.74. The van der Waals surface area contributed by atoms with Crippen molar-refractivity contribution < 1.29 is 41.7 Å². The minimum atomic E-state index is -4.77. The van der Waals surface area contributed by atoms with Crippen LogP contribution in [-0.2, 0) is 9.53 Å². The first kappa shape index (κ1) is 21.8. The third-order valence-corrected chi connectivity index (χ3v) is 4.74. The molecule has 0 saturated carbocycles. The number of rotatable bonds is 6. The lowest BCUT2D eigenvalue weighted by Gasteiger charge is -2.32. The second-order valence-electron chi connectivity index (χ2n) is 7.06. The molecule has 4 rings (SSSR count). The van der Waals surface area contributed by atoms with Gasteiger partial charge in [0.1, 0.15) is 24.2 Å². The van der Waals surface area contributed by atoms with Gasteiger partial charge in [0.25, 0.3) is 0 Å². The maximum atomic E-state index is 12.5. The second-order valence-corrected chi connectivity index (χ2v) is 7.06. The Morgan fingerprint density at radius 1 is 1.12 bits per heavy atom. The summed E-state index contributed by atoms with van der Waals surface area (Å²) >= 11 is 0. The number of alkyl halides is 3.